The summed E-state index contributed by atoms with van der Waals surface area (Å²) in [6.07, 6.45) is 0.746. The highest BCUT2D eigenvalue weighted by atomic mass is 79.9. The number of hydrogen-bond donors (Lipinski definition) is 0. The van der Waals surface area contributed by atoms with Gasteiger partial charge in [0.05, 0.1) is 23.0 Å². The van der Waals surface area contributed by atoms with Gasteiger partial charge < -0.3 is 0 Å². The second-order valence-corrected chi connectivity index (χ2v) is 10.8. The van der Waals surface area contributed by atoms with Gasteiger partial charge >= 0.3 is 0 Å². The maximum Gasteiger partial charge on any atom is 0.247 e. The quantitative estimate of drug-likeness (QED) is 0.202. The van der Waals surface area contributed by atoms with E-state index in [-0.39, 0.29) is 6.04 Å². The largest absolute Gasteiger partial charge is 0.247 e. The first kappa shape index (κ1) is 23.3. The SMILES string of the molecule is Clc1ccc(-c2nc(N3N=C(c4ccc(Br)cc4)CC3c3ccc(Br)cc3)nc3ccccc23)cc1. The summed E-state index contributed by atoms with van der Waals surface area (Å²) in [7, 11) is 0. The average Bonchev–Trinajstić information content (AvgIpc) is 3.35. The Kier molecular flexibility index (Phi) is 6.34. The fourth-order valence-electron chi connectivity index (χ4n) is 4.45. The molecule has 0 spiro atoms. The van der Waals surface area contributed by atoms with Crippen molar-refractivity contribution in [3.05, 3.63) is 122 Å². The normalized spacial score (nSPS) is 15.4. The van der Waals surface area contributed by atoms with E-state index in [1.807, 2.05) is 59.6 Å². The molecule has 4 aromatic carbocycles. The molecule has 176 valence electrons. The molecule has 6 rings (SSSR count). The van der Waals surface area contributed by atoms with Crippen LogP contribution in [0, 0.1) is 0 Å². The molecule has 1 unspecified atom stereocenters. The summed E-state index contributed by atoms with van der Waals surface area (Å²) >= 11 is 13.3. The van der Waals surface area contributed by atoms with Crippen LogP contribution in [0.25, 0.3) is 22.2 Å². The molecular formula is C29H19Br2ClN4. The molecular weight excluding hydrogens is 600 g/mol. The van der Waals surface area contributed by atoms with E-state index in [2.05, 4.69) is 74.3 Å². The zero-order chi connectivity index (χ0) is 24.6. The van der Waals surface area contributed by atoms with Crippen molar-refractivity contribution in [1.82, 2.24) is 9.97 Å². The first-order valence-corrected chi connectivity index (χ1v) is 13.4. The van der Waals surface area contributed by atoms with Crippen LogP contribution >= 0.6 is 43.5 Å². The number of aromatic nitrogens is 2. The third-order valence-corrected chi connectivity index (χ3v) is 7.57. The molecule has 2 heterocycles. The second kappa shape index (κ2) is 9.77. The third kappa shape index (κ3) is 4.57. The Morgan fingerprint density at radius 3 is 2.08 bits per heavy atom. The van der Waals surface area contributed by atoms with Crippen molar-refractivity contribution in [1.29, 1.82) is 0 Å². The van der Waals surface area contributed by atoms with Crippen LogP contribution in [0.3, 0.4) is 0 Å². The minimum atomic E-state index is -0.0315. The van der Waals surface area contributed by atoms with Crippen LogP contribution in [0.4, 0.5) is 5.95 Å². The number of halogens is 3. The van der Waals surface area contributed by atoms with Gasteiger partial charge in [-0.25, -0.2) is 15.0 Å². The summed E-state index contributed by atoms with van der Waals surface area (Å²) in [5, 5.41) is 8.71. The zero-order valence-electron chi connectivity index (χ0n) is 18.9. The number of nitrogens with zero attached hydrogens (tertiary/aromatic N) is 4. The van der Waals surface area contributed by atoms with Crippen LogP contribution in [0.5, 0.6) is 0 Å². The summed E-state index contributed by atoms with van der Waals surface area (Å²) in [6, 6.07) is 32.4. The molecule has 0 N–H and O–H groups in total. The van der Waals surface area contributed by atoms with E-state index in [1.54, 1.807) is 0 Å². The number of anilines is 1. The van der Waals surface area contributed by atoms with Crippen LogP contribution in [0.1, 0.15) is 23.6 Å². The molecule has 0 aliphatic carbocycles. The monoisotopic (exact) mass is 616 g/mol. The summed E-state index contributed by atoms with van der Waals surface area (Å²) in [5.41, 5.74) is 5.94. The number of hydrazone groups is 1. The highest BCUT2D eigenvalue weighted by Crippen LogP contribution is 2.38. The Morgan fingerprint density at radius 1 is 0.722 bits per heavy atom. The van der Waals surface area contributed by atoms with Gasteiger partial charge in [-0.2, -0.15) is 5.10 Å². The van der Waals surface area contributed by atoms with Crippen LogP contribution in [0.2, 0.25) is 5.02 Å². The van der Waals surface area contributed by atoms with Gasteiger partial charge in [0, 0.05) is 31.3 Å². The molecule has 36 heavy (non-hydrogen) atoms. The molecule has 0 fully saturated rings. The van der Waals surface area contributed by atoms with E-state index in [0.29, 0.717) is 11.0 Å². The Balaban J connectivity index is 1.52. The first-order valence-electron chi connectivity index (χ1n) is 11.5. The Bertz CT molecular complexity index is 1580. The lowest BCUT2D eigenvalue weighted by atomic mass is 9.98. The summed E-state index contributed by atoms with van der Waals surface area (Å²) in [4.78, 5) is 10.0. The van der Waals surface area contributed by atoms with Crippen LogP contribution in [-0.2, 0) is 0 Å². The van der Waals surface area contributed by atoms with E-state index < -0.39 is 0 Å². The fraction of sp³-hybridized carbons (Fsp3) is 0.0690. The first-order chi connectivity index (χ1) is 17.5. The van der Waals surface area contributed by atoms with E-state index in [1.165, 1.54) is 0 Å². The summed E-state index contributed by atoms with van der Waals surface area (Å²) in [5.74, 6) is 0.568. The molecule has 0 saturated carbocycles. The van der Waals surface area contributed by atoms with Gasteiger partial charge in [-0.05, 0) is 53.6 Å². The molecule has 0 bridgehead atoms. The Hall–Kier alpha value is -3.06. The van der Waals surface area contributed by atoms with Crippen molar-refractivity contribution < 1.29 is 0 Å². The average molecular weight is 619 g/mol. The summed E-state index contributed by atoms with van der Waals surface area (Å²) < 4.78 is 2.08. The number of rotatable bonds is 4. The van der Waals surface area contributed by atoms with Gasteiger partial charge in [-0.15, -0.1) is 0 Å². The van der Waals surface area contributed by atoms with Crippen molar-refractivity contribution in [2.75, 3.05) is 5.01 Å². The van der Waals surface area contributed by atoms with Gasteiger partial charge in [-0.3, -0.25) is 0 Å². The zero-order valence-corrected chi connectivity index (χ0v) is 22.9. The predicted octanol–water partition coefficient (Wildman–Crippen LogP) is 8.83. The second-order valence-electron chi connectivity index (χ2n) is 8.57. The van der Waals surface area contributed by atoms with Crippen LogP contribution < -0.4 is 5.01 Å². The molecule has 1 atom stereocenters. The van der Waals surface area contributed by atoms with E-state index in [4.69, 9.17) is 26.7 Å². The van der Waals surface area contributed by atoms with Crippen molar-refractivity contribution in [3.8, 4) is 11.3 Å². The molecule has 7 heteroatoms. The lowest BCUT2D eigenvalue weighted by Gasteiger charge is -2.23. The molecule has 5 aromatic rings. The van der Waals surface area contributed by atoms with Crippen molar-refractivity contribution in [3.63, 3.8) is 0 Å². The standard InChI is InChI=1S/C29H19Br2ClN4/c30-21-11-5-18(6-12-21)26-17-27(19-7-13-22(31)14-8-19)36(35-26)29-33-25-4-2-1-3-24(25)28(34-29)20-9-15-23(32)16-10-20/h1-16,27H,17H2. The molecule has 1 aromatic heterocycles. The van der Waals surface area contributed by atoms with E-state index in [0.717, 1.165) is 54.4 Å². The van der Waals surface area contributed by atoms with Crippen molar-refractivity contribution >= 4 is 66.0 Å². The highest BCUT2D eigenvalue weighted by Gasteiger charge is 2.32. The molecule has 1 aliphatic heterocycles. The van der Waals surface area contributed by atoms with Crippen molar-refractivity contribution in [2.45, 2.75) is 12.5 Å². The Morgan fingerprint density at radius 2 is 1.36 bits per heavy atom. The predicted molar refractivity (Wildman–Crippen MR) is 155 cm³/mol. The number of hydrogen-bond acceptors (Lipinski definition) is 4. The lowest BCUT2D eigenvalue weighted by Crippen LogP contribution is -2.21. The number of benzene rings is 4. The molecule has 0 amide bonds. The fourth-order valence-corrected chi connectivity index (χ4v) is 5.11. The maximum atomic E-state index is 6.17. The minimum Gasteiger partial charge on any atom is -0.223 e. The minimum absolute atomic E-state index is 0.0315. The van der Waals surface area contributed by atoms with Gasteiger partial charge in [0.15, 0.2) is 0 Å². The van der Waals surface area contributed by atoms with Crippen LogP contribution in [-0.4, -0.2) is 15.7 Å². The van der Waals surface area contributed by atoms with Crippen molar-refractivity contribution in [2.24, 2.45) is 5.10 Å². The van der Waals surface area contributed by atoms with Crippen LogP contribution in [0.15, 0.2) is 111 Å². The van der Waals surface area contributed by atoms with Gasteiger partial charge in [0.1, 0.15) is 0 Å². The molecule has 1 aliphatic rings. The third-order valence-electron chi connectivity index (χ3n) is 6.26. The van der Waals surface area contributed by atoms with Gasteiger partial charge in [0.25, 0.3) is 0 Å². The highest BCUT2D eigenvalue weighted by molar-refractivity contribution is 9.10. The molecule has 0 radical (unpaired) electrons. The smallest absolute Gasteiger partial charge is 0.223 e. The maximum absolute atomic E-state index is 6.17. The molecule has 0 saturated heterocycles. The van der Waals surface area contributed by atoms with Gasteiger partial charge in [-0.1, -0.05) is 98.1 Å². The summed E-state index contributed by atoms with van der Waals surface area (Å²) in [6.45, 7) is 0. The number of para-hydroxylation sites is 1. The van der Waals surface area contributed by atoms with Gasteiger partial charge in [0.2, 0.25) is 5.95 Å². The molecule has 4 nitrogen and oxygen atoms in total. The number of fused-ring (bicyclic) bond motifs is 1. The lowest BCUT2D eigenvalue weighted by molar-refractivity contribution is 0.689. The van der Waals surface area contributed by atoms with E-state index >= 15 is 0 Å². The van der Waals surface area contributed by atoms with E-state index in [9.17, 15) is 0 Å². The topological polar surface area (TPSA) is 41.4 Å². The Labute approximate surface area is 230 Å².